The van der Waals surface area contributed by atoms with Gasteiger partial charge in [0.2, 0.25) is 0 Å². The van der Waals surface area contributed by atoms with Gasteiger partial charge in [0, 0.05) is 0 Å². The number of amides is 1. The lowest BCUT2D eigenvalue weighted by Gasteiger charge is -2.06. The zero-order valence-corrected chi connectivity index (χ0v) is 15.0. The van der Waals surface area contributed by atoms with Gasteiger partial charge in [0.05, 0.1) is 27.9 Å². The van der Waals surface area contributed by atoms with Crippen molar-refractivity contribution in [3.05, 3.63) is 52.8 Å². The number of carbonyl (C=O) groups is 2. The third-order valence-corrected chi connectivity index (χ3v) is 4.57. The van der Waals surface area contributed by atoms with E-state index in [0.29, 0.717) is 16.4 Å². The molecule has 0 fully saturated rings. The summed E-state index contributed by atoms with van der Waals surface area (Å²) in [5.74, 6) is -1.26. The molecular formula is C17H12ClFN2O4S. The van der Waals surface area contributed by atoms with Gasteiger partial charge >= 0.3 is 5.97 Å². The highest BCUT2D eigenvalue weighted by molar-refractivity contribution is 7.22. The lowest BCUT2D eigenvalue weighted by atomic mass is 10.2. The van der Waals surface area contributed by atoms with Gasteiger partial charge in [-0.2, -0.15) is 0 Å². The van der Waals surface area contributed by atoms with Crippen LogP contribution >= 0.6 is 22.9 Å². The quantitative estimate of drug-likeness (QED) is 0.664. The fraction of sp³-hybridized carbons (Fsp3) is 0.118. The Balaban J connectivity index is 1.61. The van der Waals surface area contributed by atoms with Crippen LogP contribution in [0.4, 0.5) is 9.52 Å². The maximum atomic E-state index is 13.0. The predicted octanol–water partition coefficient (Wildman–Crippen LogP) is 3.89. The summed E-state index contributed by atoms with van der Waals surface area (Å²) in [5, 5.41) is 2.84. The first-order chi connectivity index (χ1) is 12.5. The van der Waals surface area contributed by atoms with Gasteiger partial charge in [-0.25, -0.2) is 14.2 Å². The minimum absolute atomic E-state index is 0.0204. The number of anilines is 1. The molecule has 26 heavy (non-hydrogen) atoms. The molecule has 2 aromatic carbocycles. The van der Waals surface area contributed by atoms with Crippen molar-refractivity contribution < 1.29 is 23.5 Å². The Hall–Kier alpha value is -2.71. The van der Waals surface area contributed by atoms with Gasteiger partial charge in [-0.3, -0.25) is 10.1 Å². The first-order valence-electron chi connectivity index (χ1n) is 7.33. The smallest absolute Gasteiger partial charge is 0.340 e. The van der Waals surface area contributed by atoms with E-state index in [0.717, 1.165) is 16.8 Å². The molecule has 1 heterocycles. The Morgan fingerprint density at radius 2 is 2.08 bits per heavy atom. The van der Waals surface area contributed by atoms with E-state index in [4.69, 9.17) is 21.1 Å². The number of carbonyl (C=O) groups excluding carboxylic acids is 2. The van der Waals surface area contributed by atoms with E-state index in [-0.39, 0.29) is 10.6 Å². The van der Waals surface area contributed by atoms with Crippen LogP contribution in [-0.2, 0) is 9.53 Å². The van der Waals surface area contributed by atoms with Gasteiger partial charge < -0.3 is 9.47 Å². The van der Waals surface area contributed by atoms with Crippen LogP contribution in [0.1, 0.15) is 10.4 Å². The summed E-state index contributed by atoms with van der Waals surface area (Å²) in [4.78, 5) is 28.1. The van der Waals surface area contributed by atoms with Gasteiger partial charge in [-0.15, -0.1) is 0 Å². The Bertz CT molecular complexity index is 992. The van der Waals surface area contributed by atoms with E-state index >= 15 is 0 Å². The molecule has 9 heteroatoms. The van der Waals surface area contributed by atoms with Gasteiger partial charge in [0.1, 0.15) is 11.6 Å². The number of rotatable bonds is 5. The highest BCUT2D eigenvalue weighted by Gasteiger charge is 2.15. The molecule has 0 bridgehead atoms. The number of hydrogen-bond donors (Lipinski definition) is 1. The molecule has 0 atom stereocenters. The number of benzene rings is 2. The lowest BCUT2D eigenvalue weighted by molar-refractivity contribution is -0.119. The van der Waals surface area contributed by atoms with Crippen molar-refractivity contribution in [2.24, 2.45) is 0 Å². The number of nitrogens with zero attached hydrogens (tertiary/aromatic N) is 1. The number of fused-ring (bicyclic) bond motifs is 1. The Morgan fingerprint density at radius 3 is 2.81 bits per heavy atom. The number of ether oxygens (including phenoxy) is 2. The lowest BCUT2D eigenvalue weighted by Crippen LogP contribution is -2.21. The van der Waals surface area contributed by atoms with Gasteiger partial charge in [0.15, 0.2) is 11.7 Å². The molecule has 0 spiro atoms. The Morgan fingerprint density at radius 1 is 1.27 bits per heavy atom. The fourth-order valence-electron chi connectivity index (χ4n) is 2.10. The van der Waals surface area contributed by atoms with Crippen molar-refractivity contribution in [3.63, 3.8) is 0 Å². The van der Waals surface area contributed by atoms with E-state index in [1.165, 1.54) is 17.4 Å². The average Bonchev–Trinajstić information content (AvgIpc) is 3.00. The molecule has 0 unspecified atom stereocenters. The summed E-state index contributed by atoms with van der Waals surface area (Å²) < 4.78 is 23.9. The van der Waals surface area contributed by atoms with E-state index in [2.05, 4.69) is 10.3 Å². The minimum Gasteiger partial charge on any atom is -0.497 e. The van der Waals surface area contributed by atoms with Crippen molar-refractivity contribution in [2.75, 3.05) is 19.0 Å². The molecule has 1 aromatic heterocycles. The molecule has 0 radical (unpaired) electrons. The highest BCUT2D eigenvalue weighted by atomic mass is 35.5. The maximum Gasteiger partial charge on any atom is 0.340 e. The molecule has 0 aliphatic carbocycles. The first kappa shape index (κ1) is 18.1. The van der Waals surface area contributed by atoms with Crippen molar-refractivity contribution in [1.82, 2.24) is 4.98 Å². The standard InChI is InChI=1S/C17H12ClFN2O4S/c1-24-10-3-5-13-14(7-10)26-17(20-13)21-15(22)8-25-16(23)11-4-2-9(19)6-12(11)18/h2-7H,8H2,1H3,(H,20,21,22). The van der Waals surface area contributed by atoms with Crippen LogP contribution in [0.2, 0.25) is 5.02 Å². The van der Waals surface area contributed by atoms with E-state index in [1.807, 2.05) is 0 Å². The molecule has 0 saturated heterocycles. The summed E-state index contributed by atoms with van der Waals surface area (Å²) in [6, 6.07) is 8.61. The first-order valence-corrected chi connectivity index (χ1v) is 8.52. The van der Waals surface area contributed by atoms with Gasteiger partial charge in [-0.05, 0) is 36.4 Å². The average molecular weight is 395 g/mol. The van der Waals surface area contributed by atoms with Crippen LogP contribution in [0, 0.1) is 5.82 Å². The van der Waals surface area contributed by atoms with Gasteiger partial charge in [0.25, 0.3) is 5.91 Å². The molecular weight excluding hydrogens is 383 g/mol. The molecule has 3 aromatic rings. The summed E-state index contributed by atoms with van der Waals surface area (Å²) >= 11 is 7.04. The van der Waals surface area contributed by atoms with Crippen molar-refractivity contribution in [3.8, 4) is 5.75 Å². The predicted molar refractivity (Wildman–Crippen MR) is 96.5 cm³/mol. The molecule has 0 aliphatic heterocycles. The number of aromatic nitrogens is 1. The number of nitrogens with one attached hydrogen (secondary N) is 1. The number of hydrogen-bond acceptors (Lipinski definition) is 6. The topological polar surface area (TPSA) is 77.5 Å². The van der Waals surface area contributed by atoms with E-state index < -0.39 is 24.3 Å². The second-order valence-electron chi connectivity index (χ2n) is 5.10. The van der Waals surface area contributed by atoms with E-state index in [9.17, 15) is 14.0 Å². The molecule has 134 valence electrons. The molecule has 0 saturated carbocycles. The van der Waals surface area contributed by atoms with Crippen LogP contribution in [0.25, 0.3) is 10.2 Å². The highest BCUT2D eigenvalue weighted by Crippen LogP contribution is 2.29. The zero-order valence-electron chi connectivity index (χ0n) is 13.4. The van der Waals surface area contributed by atoms with Crippen LogP contribution in [0.5, 0.6) is 5.75 Å². The summed E-state index contributed by atoms with van der Waals surface area (Å²) in [6.07, 6.45) is 0. The zero-order chi connectivity index (χ0) is 18.7. The molecule has 1 N–H and O–H groups in total. The molecule has 3 rings (SSSR count). The van der Waals surface area contributed by atoms with Crippen LogP contribution in [0.3, 0.4) is 0 Å². The third kappa shape index (κ3) is 4.09. The monoisotopic (exact) mass is 394 g/mol. The summed E-state index contributed by atoms with van der Waals surface area (Å²) in [7, 11) is 1.56. The molecule has 6 nitrogen and oxygen atoms in total. The van der Waals surface area contributed by atoms with Crippen LogP contribution in [0.15, 0.2) is 36.4 Å². The number of methoxy groups -OCH3 is 1. The number of thiazole rings is 1. The largest absolute Gasteiger partial charge is 0.497 e. The van der Waals surface area contributed by atoms with Gasteiger partial charge in [-0.1, -0.05) is 22.9 Å². The molecule has 1 amide bonds. The Kier molecular flexibility index (Phi) is 5.34. The summed E-state index contributed by atoms with van der Waals surface area (Å²) in [6.45, 7) is -0.522. The van der Waals surface area contributed by atoms with Crippen molar-refractivity contribution in [2.45, 2.75) is 0 Å². The normalized spacial score (nSPS) is 10.6. The van der Waals surface area contributed by atoms with Crippen molar-refractivity contribution in [1.29, 1.82) is 0 Å². The SMILES string of the molecule is COc1ccc2nc(NC(=O)COC(=O)c3ccc(F)cc3Cl)sc2c1. The minimum atomic E-state index is -0.820. The molecule has 0 aliphatic rings. The number of esters is 1. The second kappa shape index (κ2) is 7.67. The van der Waals surface area contributed by atoms with E-state index in [1.54, 1.807) is 25.3 Å². The van der Waals surface area contributed by atoms with Crippen LogP contribution in [-0.4, -0.2) is 30.6 Å². The maximum absolute atomic E-state index is 13.0. The summed E-state index contributed by atoms with van der Waals surface area (Å²) in [5.41, 5.74) is 0.689. The second-order valence-corrected chi connectivity index (χ2v) is 6.54. The van der Waals surface area contributed by atoms with Crippen molar-refractivity contribution >= 4 is 50.2 Å². The Labute approximate surface area is 156 Å². The fourth-order valence-corrected chi connectivity index (χ4v) is 3.26. The third-order valence-electron chi connectivity index (χ3n) is 3.33. The number of halogens is 2. The van der Waals surface area contributed by atoms with Crippen LogP contribution < -0.4 is 10.1 Å².